The fraction of sp³-hybridized carbons (Fsp3) is 0.100. The SMILES string of the molecule is OC12CC=c3ccccc3=C1c1c(ccc3ccccc13)O2. The summed E-state index contributed by atoms with van der Waals surface area (Å²) in [6.07, 6.45) is 2.52. The molecule has 106 valence electrons. The lowest BCUT2D eigenvalue weighted by Crippen LogP contribution is -2.43. The van der Waals surface area contributed by atoms with Gasteiger partial charge in [-0.15, -0.1) is 0 Å². The molecule has 0 bridgehead atoms. The third-order valence-electron chi connectivity index (χ3n) is 4.64. The second-order valence-electron chi connectivity index (χ2n) is 5.92. The van der Waals surface area contributed by atoms with Crippen LogP contribution < -0.4 is 15.2 Å². The highest BCUT2D eigenvalue weighted by Gasteiger charge is 2.44. The van der Waals surface area contributed by atoms with Gasteiger partial charge in [-0.05, 0) is 27.3 Å². The van der Waals surface area contributed by atoms with Crippen LogP contribution in [0.4, 0.5) is 0 Å². The Kier molecular flexibility index (Phi) is 2.18. The van der Waals surface area contributed by atoms with Crippen LogP contribution in [-0.4, -0.2) is 10.9 Å². The topological polar surface area (TPSA) is 29.5 Å². The minimum absolute atomic E-state index is 0.475. The molecule has 0 amide bonds. The van der Waals surface area contributed by atoms with E-state index in [1.54, 1.807) is 0 Å². The van der Waals surface area contributed by atoms with E-state index in [1.807, 2.05) is 42.5 Å². The van der Waals surface area contributed by atoms with Crippen molar-refractivity contribution >= 4 is 22.4 Å². The second-order valence-corrected chi connectivity index (χ2v) is 5.92. The Morgan fingerprint density at radius 2 is 1.73 bits per heavy atom. The molecule has 1 N–H and O–H groups in total. The van der Waals surface area contributed by atoms with Crippen LogP contribution in [0, 0.1) is 0 Å². The molecule has 1 aliphatic carbocycles. The van der Waals surface area contributed by atoms with Gasteiger partial charge in [-0.3, -0.25) is 0 Å². The highest BCUT2D eigenvalue weighted by molar-refractivity contribution is 5.99. The Labute approximate surface area is 127 Å². The van der Waals surface area contributed by atoms with Gasteiger partial charge >= 0.3 is 0 Å². The van der Waals surface area contributed by atoms with Crippen LogP contribution in [0.3, 0.4) is 0 Å². The van der Waals surface area contributed by atoms with E-state index in [4.69, 9.17) is 4.74 Å². The van der Waals surface area contributed by atoms with Crippen LogP contribution in [0.15, 0.2) is 60.7 Å². The van der Waals surface area contributed by atoms with Gasteiger partial charge in [-0.25, -0.2) is 0 Å². The van der Waals surface area contributed by atoms with Crippen LogP contribution in [-0.2, 0) is 0 Å². The fourth-order valence-corrected chi connectivity index (χ4v) is 3.66. The molecule has 0 saturated carbocycles. The molecule has 0 saturated heterocycles. The molecule has 0 radical (unpaired) electrons. The summed E-state index contributed by atoms with van der Waals surface area (Å²) in [5, 5.41) is 15.6. The zero-order valence-corrected chi connectivity index (χ0v) is 11.9. The highest BCUT2D eigenvalue weighted by Crippen LogP contribution is 2.47. The van der Waals surface area contributed by atoms with E-state index in [2.05, 4.69) is 24.3 Å². The standard InChI is InChI=1S/C20H14O2/c21-20-12-11-14-6-2-4-8-16(14)19(20)18-15-7-3-1-5-13(15)9-10-17(18)22-20/h1-11,21H,12H2. The lowest BCUT2D eigenvalue weighted by Gasteiger charge is -2.25. The van der Waals surface area contributed by atoms with Gasteiger partial charge in [0.15, 0.2) is 0 Å². The number of ether oxygens (including phenoxy) is 1. The third kappa shape index (κ3) is 1.42. The van der Waals surface area contributed by atoms with E-state index in [-0.39, 0.29) is 0 Å². The van der Waals surface area contributed by atoms with E-state index in [0.29, 0.717) is 6.42 Å². The summed E-state index contributed by atoms with van der Waals surface area (Å²) in [4.78, 5) is 0. The summed E-state index contributed by atoms with van der Waals surface area (Å²) in [5.74, 6) is -0.484. The van der Waals surface area contributed by atoms with Gasteiger partial charge in [0.25, 0.3) is 0 Å². The van der Waals surface area contributed by atoms with Gasteiger partial charge in [-0.2, -0.15) is 0 Å². The Morgan fingerprint density at radius 3 is 2.68 bits per heavy atom. The van der Waals surface area contributed by atoms with E-state index < -0.39 is 5.79 Å². The quantitative estimate of drug-likeness (QED) is 0.687. The van der Waals surface area contributed by atoms with E-state index in [1.165, 1.54) is 0 Å². The van der Waals surface area contributed by atoms with Gasteiger partial charge in [0.2, 0.25) is 5.79 Å². The van der Waals surface area contributed by atoms with E-state index in [9.17, 15) is 5.11 Å². The van der Waals surface area contributed by atoms with Crippen molar-refractivity contribution in [3.8, 4) is 5.75 Å². The Bertz CT molecular complexity index is 1050. The van der Waals surface area contributed by atoms with Crippen molar-refractivity contribution in [3.63, 3.8) is 0 Å². The first kappa shape index (κ1) is 12.0. The lowest BCUT2D eigenvalue weighted by atomic mass is 9.88. The first-order chi connectivity index (χ1) is 10.8. The van der Waals surface area contributed by atoms with Crippen molar-refractivity contribution in [1.82, 2.24) is 0 Å². The molecule has 0 spiro atoms. The number of aliphatic hydroxyl groups is 1. The van der Waals surface area contributed by atoms with Gasteiger partial charge in [0, 0.05) is 17.6 Å². The van der Waals surface area contributed by atoms with Gasteiger partial charge in [0.05, 0.1) is 0 Å². The van der Waals surface area contributed by atoms with Crippen LogP contribution in [0.1, 0.15) is 12.0 Å². The van der Waals surface area contributed by atoms with Crippen molar-refractivity contribution in [2.75, 3.05) is 0 Å². The highest BCUT2D eigenvalue weighted by atomic mass is 16.6. The predicted molar refractivity (Wildman–Crippen MR) is 86.8 cm³/mol. The summed E-state index contributed by atoms with van der Waals surface area (Å²) < 4.78 is 5.95. The molecule has 2 aliphatic rings. The predicted octanol–water partition coefficient (Wildman–Crippen LogP) is 2.30. The summed E-state index contributed by atoms with van der Waals surface area (Å²) in [5.41, 5.74) is 1.93. The molecule has 5 rings (SSSR count). The molecular weight excluding hydrogens is 272 g/mol. The van der Waals surface area contributed by atoms with Crippen LogP contribution in [0.25, 0.3) is 22.4 Å². The molecule has 1 unspecified atom stereocenters. The van der Waals surface area contributed by atoms with E-state index >= 15 is 0 Å². The van der Waals surface area contributed by atoms with Gasteiger partial charge < -0.3 is 9.84 Å². The summed E-state index contributed by atoms with van der Waals surface area (Å²) in [6.45, 7) is 0. The molecule has 22 heavy (non-hydrogen) atoms. The Balaban J connectivity index is 2.03. The normalized spacial score (nSPS) is 21.6. The maximum Gasteiger partial charge on any atom is 0.239 e. The molecule has 0 fully saturated rings. The average molecular weight is 286 g/mol. The zero-order chi connectivity index (χ0) is 14.7. The zero-order valence-electron chi connectivity index (χ0n) is 11.9. The minimum atomic E-state index is -1.25. The number of benzene rings is 3. The summed E-state index contributed by atoms with van der Waals surface area (Å²) in [6, 6.07) is 20.4. The molecule has 2 heteroatoms. The first-order valence-electron chi connectivity index (χ1n) is 7.50. The van der Waals surface area contributed by atoms with Crippen molar-refractivity contribution < 1.29 is 9.84 Å². The smallest absolute Gasteiger partial charge is 0.239 e. The Hall–Kier alpha value is -2.58. The summed E-state index contributed by atoms with van der Waals surface area (Å²) in [7, 11) is 0. The van der Waals surface area contributed by atoms with E-state index in [0.717, 1.165) is 38.1 Å². The second kappa shape index (κ2) is 3.99. The average Bonchev–Trinajstić information content (AvgIpc) is 2.88. The largest absolute Gasteiger partial charge is 0.457 e. The fourth-order valence-electron chi connectivity index (χ4n) is 3.66. The molecule has 1 heterocycles. The van der Waals surface area contributed by atoms with Crippen LogP contribution in [0.5, 0.6) is 5.75 Å². The van der Waals surface area contributed by atoms with Gasteiger partial charge in [-0.1, -0.05) is 60.7 Å². The molecule has 1 atom stereocenters. The maximum atomic E-state index is 11.0. The van der Waals surface area contributed by atoms with Gasteiger partial charge in [0.1, 0.15) is 5.75 Å². The molecular formula is C20H14O2. The van der Waals surface area contributed by atoms with Crippen molar-refractivity contribution in [2.24, 2.45) is 0 Å². The Morgan fingerprint density at radius 1 is 0.909 bits per heavy atom. The molecule has 1 aliphatic heterocycles. The first-order valence-corrected chi connectivity index (χ1v) is 7.50. The molecule has 3 aromatic rings. The summed E-state index contributed by atoms with van der Waals surface area (Å²) >= 11 is 0. The number of hydrogen-bond donors (Lipinski definition) is 1. The monoisotopic (exact) mass is 286 g/mol. The number of rotatable bonds is 0. The lowest BCUT2D eigenvalue weighted by molar-refractivity contribution is -0.0699. The van der Waals surface area contributed by atoms with Crippen molar-refractivity contribution in [3.05, 3.63) is 76.7 Å². The molecule has 3 aromatic carbocycles. The third-order valence-corrected chi connectivity index (χ3v) is 4.64. The maximum absolute atomic E-state index is 11.0. The van der Waals surface area contributed by atoms with Crippen molar-refractivity contribution in [1.29, 1.82) is 0 Å². The van der Waals surface area contributed by atoms with Crippen LogP contribution >= 0.6 is 0 Å². The van der Waals surface area contributed by atoms with Crippen molar-refractivity contribution in [2.45, 2.75) is 12.2 Å². The number of fused-ring (bicyclic) bond motifs is 6. The minimum Gasteiger partial charge on any atom is -0.457 e. The van der Waals surface area contributed by atoms with Crippen LogP contribution in [0.2, 0.25) is 0 Å². The molecule has 0 aromatic heterocycles. The number of hydrogen-bond acceptors (Lipinski definition) is 2. The molecule has 2 nitrogen and oxygen atoms in total.